The number of nitrogens with one attached hydrogen (secondary N) is 2. The van der Waals surface area contributed by atoms with E-state index in [-0.39, 0.29) is 24.3 Å². The summed E-state index contributed by atoms with van der Waals surface area (Å²) in [5, 5.41) is 14.8. The van der Waals surface area contributed by atoms with Crippen molar-refractivity contribution in [1.29, 1.82) is 0 Å². The second-order valence-corrected chi connectivity index (χ2v) is 7.82. The predicted molar refractivity (Wildman–Crippen MR) is 128 cm³/mol. The summed E-state index contributed by atoms with van der Waals surface area (Å²) in [7, 11) is 1.43. The average Bonchev–Trinajstić information content (AvgIpc) is 2.83. The first-order chi connectivity index (χ1) is 17.5. The number of alkyl halides is 3. The normalized spacial score (nSPS) is 11.9. The van der Waals surface area contributed by atoms with E-state index >= 15 is 0 Å². The number of halogens is 3. The number of hydrogen-bond acceptors (Lipinski definition) is 6. The largest absolute Gasteiger partial charge is 0.573 e. The van der Waals surface area contributed by atoms with Crippen molar-refractivity contribution in [1.82, 2.24) is 9.88 Å². The molecule has 2 amide bonds. The zero-order valence-corrected chi connectivity index (χ0v) is 19.8. The molecule has 0 saturated heterocycles. The monoisotopic (exact) mass is 519 g/mol. The van der Waals surface area contributed by atoms with Gasteiger partial charge in [0.05, 0.1) is 19.1 Å². The molecule has 37 heavy (non-hydrogen) atoms. The van der Waals surface area contributed by atoms with Gasteiger partial charge in [-0.3, -0.25) is 9.59 Å². The molecule has 1 atom stereocenters. The fraction of sp³-hybridized carbons (Fsp3) is 0.240. The Hall–Kier alpha value is -4.48. The van der Waals surface area contributed by atoms with E-state index in [9.17, 15) is 32.7 Å². The van der Waals surface area contributed by atoms with Crippen molar-refractivity contribution >= 4 is 17.7 Å². The molecule has 0 bridgehead atoms. The highest BCUT2D eigenvalue weighted by Crippen LogP contribution is 2.35. The van der Waals surface area contributed by atoms with Crippen molar-refractivity contribution in [2.75, 3.05) is 11.9 Å². The Morgan fingerprint density at radius 3 is 2.54 bits per heavy atom. The van der Waals surface area contributed by atoms with Gasteiger partial charge in [0.15, 0.2) is 5.69 Å². The van der Waals surface area contributed by atoms with Gasteiger partial charge in [-0.05, 0) is 36.2 Å². The Bertz CT molecular complexity index is 1340. The molecular weight excluding hydrogens is 495 g/mol. The lowest BCUT2D eigenvalue weighted by molar-refractivity contribution is -0.274. The van der Waals surface area contributed by atoms with E-state index in [0.717, 1.165) is 4.57 Å². The lowest BCUT2D eigenvalue weighted by atomic mass is 9.97. The molecule has 2 aromatic carbocycles. The van der Waals surface area contributed by atoms with Crippen LogP contribution in [-0.2, 0) is 16.6 Å². The Balaban J connectivity index is 1.93. The summed E-state index contributed by atoms with van der Waals surface area (Å²) in [5.74, 6) is -1.52. The van der Waals surface area contributed by atoms with Crippen LogP contribution in [0.5, 0.6) is 11.5 Å². The molecule has 3 rings (SSSR count). The predicted octanol–water partition coefficient (Wildman–Crippen LogP) is 4.47. The van der Waals surface area contributed by atoms with Crippen LogP contribution in [0.3, 0.4) is 0 Å². The van der Waals surface area contributed by atoms with Gasteiger partial charge in [0.1, 0.15) is 11.5 Å². The number of ether oxygens (including phenoxy) is 2. The van der Waals surface area contributed by atoms with E-state index in [0.29, 0.717) is 11.1 Å². The number of urea groups is 1. The van der Waals surface area contributed by atoms with Gasteiger partial charge in [-0.15, -0.1) is 13.2 Å². The number of aryl methyl sites for hydroxylation is 1. The molecule has 0 aliphatic carbocycles. The smallest absolute Gasteiger partial charge is 0.505 e. The van der Waals surface area contributed by atoms with Crippen molar-refractivity contribution in [3.63, 3.8) is 0 Å². The molecule has 12 heteroatoms. The molecule has 1 aromatic heterocycles. The van der Waals surface area contributed by atoms with Gasteiger partial charge >= 0.3 is 18.4 Å². The number of nitrogens with zero attached hydrogens (tertiary/aromatic N) is 1. The number of anilines is 1. The van der Waals surface area contributed by atoms with Gasteiger partial charge in [0, 0.05) is 18.8 Å². The van der Waals surface area contributed by atoms with Gasteiger partial charge in [0.25, 0.3) is 5.56 Å². The summed E-state index contributed by atoms with van der Waals surface area (Å²) in [4.78, 5) is 37.3. The van der Waals surface area contributed by atoms with E-state index in [4.69, 9.17) is 4.74 Å². The van der Waals surface area contributed by atoms with Crippen molar-refractivity contribution in [3.8, 4) is 22.6 Å². The third-order valence-electron chi connectivity index (χ3n) is 5.18. The van der Waals surface area contributed by atoms with Gasteiger partial charge in [-0.1, -0.05) is 36.4 Å². The molecule has 1 unspecified atom stereocenters. The molecule has 3 N–H and O–H groups in total. The van der Waals surface area contributed by atoms with Crippen LogP contribution in [0.2, 0.25) is 0 Å². The lowest BCUT2D eigenvalue weighted by Crippen LogP contribution is -2.36. The number of benzene rings is 2. The van der Waals surface area contributed by atoms with Gasteiger partial charge in [-0.2, -0.15) is 0 Å². The molecular formula is C25H24F3N3O6. The first-order valence-electron chi connectivity index (χ1n) is 11.0. The van der Waals surface area contributed by atoms with Crippen molar-refractivity contribution in [2.24, 2.45) is 7.05 Å². The first kappa shape index (κ1) is 27.1. The zero-order chi connectivity index (χ0) is 27.2. The Morgan fingerprint density at radius 2 is 1.84 bits per heavy atom. The maximum Gasteiger partial charge on any atom is 0.573 e. The molecule has 3 aromatic rings. The number of aromatic hydroxyl groups is 1. The Morgan fingerprint density at radius 1 is 1.11 bits per heavy atom. The number of amides is 2. The van der Waals surface area contributed by atoms with E-state index in [1.54, 1.807) is 31.2 Å². The summed E-state index contributed by atoms with van der Waals surface area (Å²) in [6, 6.07) is 11.0. The fourth-order valence-electron chi connectivity index (χ4n) is 3.53. The minimum Gasteiger partial charge on any atom is -0.505 e. The summed E-state index contributed by atoms with van der Waals surface area (Å²) in [6.45, 7) is 1.70. The van der Waals surface area contributed by atoms with E-state index in [1.165, 1.54) is 43.6 Å². The Kier molecular flexibility index (Phi) is 8.43. The number of pyridine rings is 1. The zero-order valence-electron chi connectivity index (χ0n) is 19.8. The van der Waals surface area contributed by atoms with Crippen LogP contribution < -0.4 is 20.9 Å². The number of esters is 1. The topological polar surface area (TPSA) is 119 Å². The standard InChI is InChI=1S/C25H24F3N3O6/c1-3-36-21(33)14-18(29-24(35)30-22-19(32)11-12-31(2)23(22)34)16-8-6-7-15(13-16)17-9-4-5-10-20(17)37-25(26,27)28/h4-13,18,32H,3,14H2,1-2H3,(H2,29,30,35). The Labute approximate surface area is 209 Å². The SMILES string of the molecule is CCOC(=O)CC(NC(=O)Nc1c(O)ccn(C)c1=O)c1cccc(-c2ccccc2OC(F)(F)F)c1. The molecule has 0 saturated carbocycles. The third kappa shape index (κ3) is 7.26. The fourth-order valence-corrected chi connectivity index (χ4v) is 3.53. The van der Waals surface area contributed by atoms with E-state index in [2.05, 4.69) is 15.4 Å². The van der Waals surface area contributed by atoms with Crippen molar-refractivity contribution in [3.05, 3.63) is 76.7 Å². The number of hydrogen-bond donors (Lipinski definition) is 3. The van der Waals surface area contributed by atoms with Crippen LogP contribution >= 0.6 is 0 Å². The van der Waals surface area contributed by atoms with E-state index < -0.39 is 41.5 Å². The number of rotatable bonds is 8. The first-order valence-corrected chi connectivity index (χ1v) is 11.0. The molecule has 0 radical (unpaired) electrons. The molecule has 0 spiro atoms. The quantitative estimate of drug-likeness (QED) is 0.378. The summed E-state index contributed by atoms with van der Waals surface area (Å²) < 4.78 is 49.0. The third-order valence-corrected chi connectivity index (χ3v) is 5.18. The maximum absolute atomic E-state index is 12.9. The number of carbonyl (C=O) groups is 2. The summed E-state index contributed by atoms with van der Waals surface area (Å²) >= 11 is 0. The van der Waals surface area contributed by atoms with Crippen LogP contribution in [0.15, 0.2) is 65.6 Å². The molecule has 0 aliphatic rings. The molecule has 1 heterocycles. The van der Waals surface area contributed by atoms with Gasteiger partial charge < -0.3 is 29.8 Å². The maximum atomic E-state index is 12.9. The van der Waals surface area contributed by atoms with Crippen LogP contribution in [0.1, 0.15) is 24.9 Å². The number of carbonyl (C=O) groups excluding carboxylic acids is 2. The van der Waals surface area contributed by atoms with Crippen LogP contribution in [0.4, 0.5) is 23.7 Å². The van der Waals surface area contributed by atoms with Crippen LogP contribution in [0, 0.1) is 0 Å². The average molecular weight is 519 g/mol. The molecule has 0 aliphatic heterocycles. The number of aromatic nitrogens is 1. The van der Waals surface area contributed by atoms with Crippen molar-refractivity contribution in [2.45, 2.75) is 25.7 Å². The highest BCUT2D eigenvalue weighted by molar-refractivity contribution is 5.91. The van der Waals surface area contributed by atoms with Crippen molar-refractivity contribution < 1.29 is 37.3 Å². The highest BCUT2D eigenvalue weighted by atomic mass is 19.4. The molecule has 9 nitrogen and oxygen atoms in total. The number of para-hydroxylation sites is 1. The van der Waals surface area contributed by atoms with Gasteiger partial charge in [0.2, 0.25) is 0 Å². The summed E-state index contributed by atoms with van der Waals surface area (Å²) in [5.41, 5.74) is -0.195. The highest BCUT2D eigenvalue weighted by Gasteiger charge is 2.32. The van der Waals surface area contributed by atoms with Gasteiger partial charge in [-0.25, -0.2) is 4.79 Å². The summed E-state index contributed by atoms with van der Waals surface area (Å²) in [6.07, 6.45) is -3.90. The van der Waals surface area contributed by atoms with Crippen LogP contribution in [0.25, 0.3) is 11.1 Å². The molecule has 196 valence electrons. The van der Waals surface area contributed by atoms with Crippen LogP contribution in [-0.4, -0.2) is 34.6 Å². The minimum atomic E-state index is -4.90. The second-order valence-electron chi connectivity index (χ2n) is 7.82. The lowest BCUT2D eigenvalue weighted by Gasteiger charge is -2.20. The second kappa shape index (κ2) is 11.5. The molecule has 0 fully saturated rings. The minimum absolute atomic E-state index is 0.0911. The van der Waals surface area contributed by atoms with E-state index in [1.807, 2.05) is 0 Å².